The number of nitrogens with one attached hydrogen (secondary N) is 2. The molecule has 1 atom stereocenters. The van der Waals surface area contributed by atoms with Gasteiger partial charge >= 0.3 is 0 Å². The number of carbonyl (C=O) groups excluding carboxylic acids is 1. The van der Waals surface area contributed by atoms with E-state index < -0.39 is 5.92 Å². The van der Waals surface area contributed by atoms with E-state index in [1.807, 2.05) is 12.1 Å². The van der Waals surface area contributed by atoms with E-state index in [1.54, 1.807) is 31.2 Å². The average molecular weight is 369 g/mol. The molecule has 1 aliphatic rings. The van der Waals surface area contributed by atoms with E-state index in [0.717, 1.165) is 17.7 Å². The quantitative estimate of drug-likeness (QED) is 0.848. The first kappa shape index (κ1) is 18.7. The number of halogens is 3. The summed E-state index contributed by atoms with van der Waals surface area (Å²) in [5, 5.41) is 6.49. The number of hydrogen-bond acceptors (Lipinski definition) is 2. The lowest BCUT2D eigenvalue weighted by atomic mass is 9.98. The van der Waals surface area contributed by atoms with Crippen molar-refractivity contribution in [1.82, 2.24) is 5.32 Å². The molecule has 0 aliphatic carbocycles. The largest absolute Gasteiger partial charge is 0.323 e. The number of fused-ring (bicyclic) bond motifs is 1. The molecule has 0 spiro atoms. The van der Waals surface area contributed by atoms with Crippen molar-refractivity contribution in [2.75, 3.05) is 11.9 Å². The van der Waals surface area contributed by atoms with Crippen molar-refractivity contribution in [1.29, 1.82) is 0 Å². The summed E-state index contributed by atoms with van der Waals surface area (Å²) in [7, 11) is 0. The maximum Gasteiger partial charge on any atom is 0.231 e. The molecule has 128 valence electrons. The van der Waals surface area contributed by atoms with Gasteiger partial charge in [-0.1, -0.05) is 29.8 Å². The van der Waals surface area contributed by atoms with E-state index >= 15 is 0 Å². The van der Waals surface area contributed by atoms with Gasteiger partial charge in [0.05, 0.1) is 11.6 Å². The molecule has 3 nitrogen and oxygen atoms in total. The summed E-state index contributed by atoms with van der Waals surface area (Å²) in [5.41, 5.74) is 2.69. The average Bonchev–Trinajstić information content (AvgIpc) is 2.57. The SMILES string of the molecule is CC(C(=O)Nc1ccc2c(c1F)CCNC2)c1cccc(Cl)c1.Cl. The van der Waals surface area contributed by atoms with Crippen molar-refractivity contribution >= 4 is 35.6 Å². The first-order valence-electron chi connectivity index (χ1n) is 7.63. The van der Waals surface area contributed by atoms with Gasteiger partial charge < -0.3 is 10.6 Å². The van der Waals surface area contributed by atoms with Crippen molar-refractivity contribution in [3.05, 3.63) is 63.9 Å². The minimum Gasteiger partial charge on any atom is -0.323 e. The second kappa shape index (κ2) is 7.97. The molecule has 3 rings (SSSR count). The van der Waals surface area contributed by atoms with Crippen molar-refractivity contribution < 1.29 is 9.18 Å². The van der Waals surface area contributed by atoms with E-state index in [0.29, 0.717) is 23.6 Å². The molecular weight excluding hydrogens is 350 g/mol. The lowest BCUT2D eigenvalue weighted by Crippen LogP contribution is -2.26. The maximum atomic E-state index is 14.6. The predicted molar refractivity (Wildman–Crippen MR) is 97.6 cm³/mol. The number of amides is 1. The highest BCUT2D eigenvalue weighted by molar-refractivity contribution is 6.30. The fourth-order valence-corrected chi connectivity index (χ4v) is 3.00. The molecule has 1 heterocycles. The van der Waals surface area contributed by atoms with E-state index in [9.17, 15) is 9.18 Å². The van der Waals surface area contributed by atoms with Crippen LogP contribution in [0.4, 0.5) is 10.1 Å². The van der Waals surface area contributed by atoms with E-state index in [4.69, 9.17) is 11.6 Å². The van der Waals surface area contributed by atoms with Gasteiger partial charge in [-0.25, -0.2) is 4.39 Å². The molecule has 0 bridgehead atoms. The number of rotatable bonds is 3. The van der Waals surface area contributed by atoms with Crippen LogP contribution in [0.5, 0.6) is 0 Å². The molecule has 1 unspecified atom stereocenters. The minimum atomic E-state index is -0.411. The number of hydrogen-bond donors (Lipinski definition) is 2. The van der Waals surface area contributed by atoms with Gasteiger partial charge in [-0.3, -0.25) is 4.79 Å². The molecule has 0 saturated heterocycles. The standard InChI is InChI=1S/C18H18ClFN2O.ClH/c1-11(12-3-2-4-14(19)9-12)18(23)22-16-6-5-13-10-21-8-7-15(13)17(16)20;/h2-6,9,11,21H,7-8,10H2,1H3,(H,22,23);1H. The highest BCUT2D eigenvalue weighted by Gasteiger charge is 2.20. The zero-order valence-corrected chi connectivity index (χ0v) is 14.8. The summed E-state index contributed by atoms with van der Waals surface area (Å²) >= 11 is 5.96. The Morgan fingerprint density at radius 1 is 1.33 bits per heavy atom. The topological polar surface area (TPSA) is 41.1 Å². The highest BCUT2D eigenvalue weighted by Crippen LogP contribution is 2.26. The smallest absolute Gasteiger partial charge is 0.231 e. The summed E-state index contributed by atoms with van der Waals surface area (Å²) in [5.74, 6) is -0.985. The molecule has 0 radical (unpaired) electrons. The van der Waals surface area contributed by atoms with E-state index in [1.165, 1.54) is 0 Å². The third-order valence-corrected chi connectivity index (χ3v) is 4.44. The van der Waals surface area contributed by atoms with Crippen LogP contribution in [0.2, 0.25) is 5.02 Å². The van der Waals surface area contributed by atoms with Crippen molar-refractivity contribution in [2.24, 2.45) is 0 Å². The molecule has 0 saturated carbocycles. The van der Waals surface area contributed by atoms with Gasteiger partial charge in [0.25, 0.3) is 0 Å². The monoisotopic (exact) mass is 368 g/mol. The first-order chi connectivity index (χ1) is 11.1. The van der Waals surface area contributed by atoms with Crippen molar-refractivity contribution in [3.8, 4) is 0 Å². The summed E-state index contributed by atoms with van der Waals surface area (Å²) in [6, 6.07) is 10.6. The molecule has 2 N–H and O–H groups in total. The van der Waals surface area contributed by atoms with Crippen LogP contribution in [0.25, 0.3) is 0 Å². The molecule has 0 aromatic heterocycles. The lowest BCUT2D eigenvalue weighted by molar-refractivity contribution is -0.117. The Morgan fingerprint density at radius 2 is 2.12 bits per heavy atom. The minimum absolute atomic E-state index is 0. The second-order valence-corrected chi connectivity index (χ2v) is 6.19. The Kier molecular flexibility index (Phi) is 6.21. The van der Waals surface area contributed by atoms with Crippen LogP contribution >= 0.6 is 24.0 Å². The van der Waals surface area contributed by atoms with Gasteiger partial charge in [0.2, 0.25) is 5.91 Å². The second-order valence-electron chi connectivity index (χ2n) is 5.76. The van der Waals surface area contributed by atoms with Crippen molar-refractivity contribution in [3.63, 3.8) is 0 Å². The molecule has 6 heteroatoms. The van der Waals surface area contributed by atoms with Crippen LogP contribution in [0.1, 0.15) is 29.5 Å². The van der Waals surface area contributed by atoms with E-state index in [-0.39, 0.29) is 29.8 Å². The molecule has 2 aromatic carbocycles. The van der Waals surface area contributed by atoms with Crippen LogP contribution in [-0.4, -0.2) is 12.5 Å². The predicted octanol–water partition coefficient (Wildman–Crippen LogP) is 4.29. The summed E-state index contributed by atoms with van der Waals surface area (Å²) in [6.07, 6.45) is 0.634. The summed E-state index contributed by atoms with van der Waals surface area (Å²) < 4.78 is 14.6. The molecule has 24 heavy (non-hydrogen) atoms. The van der Waals surface area contributed by atoms with Crippen LogP contribution in [0.15, 0.2) is 36.4 Å². The molecule has 1 amide bonds. The van der Waals surface area contributed by atoms with Crippen molar-refractivity contribution in [2.45, 2.75) is 25.8 Å². The van der Waals surface area contributed by atoms with Gasteiger partial charge in [-0.15, -0.1) is 12.4 Å². The number of anilines is 1. The Hall–Kier alpha value is -1.62. The normalized spacial score (nSPS) is 14.3. The van der Waals surface area contributed by atoms with Gasteiger partial charge in [0.1, 0.15) is 5.82 Å². The van der Waals surface area contributed by atoms with E-state index in [2.05, 4.69) is 10.6 Å². The maximum absolute atomic E-state index is 14.6. The van der Waals surface area contributed by atoms with Gasteiger partial charge in [0.15, 0.2) is 0 Å². The molecule has 0 fully saturated rings. The lowest BCUT2D eigenvalue weighted by Gasteiger charge is -2.20. The zero-order chi connectivity index (χ0) is 16.4. The number of carbonyl (C=O) groups is 1. The van der Waals surface area contributed by atoms with Crippen LogP contribution in [0, 0.1) is 5.82 Å². The van der Waals surface area contributed by atoms with Crippen LogP contribution in [-0.2, 0) is 17.8 Å². The zero-order valence-electron chi connectivity index (χ0n) is 13.2. The Balaban J connectivity index is 0.00000208. The highest BCUT2D eigenvalue weighted by atomic mass is 35.5. The Bertz CT molecular complexity index is 752. The van der Waals surface area contributed by atoms with Gasteiger partial charge in [-0.05, 0) is 54.8 Å². The first-order valence-corrected chi connectivity index (χ1v) is 8.01. The summed E-state index contributed by atoms with van der Waals surface area (Å²) in [4.78, 5) is 12.4. The third-order valence-electron chi connectivity index (χ3n) is 4.21. The number of benzene rings is 2. The fraction of sp³-hybridized carbons (Fsp3) is 0.278. The fourth-order valence-electron chi connectivity index (χ4n) is 2.80. The molecule has 2 aromatic rings. The summed E-state index contributed by atoms with van der Waals surface area (Å²) in [6.45, 7) is 3.20. The van der Waals surface area contributed by atoms with Crippen LogP contribution < -0.4 is 10.6 Å². The third kappa shape index (κ3) is 3.89. The van der Waals surface area contributed by atoms with Gasteiger partial charge in [0, 0.05) is 11.6 Å². The van der Waals surface area contributed by atoms with Gasteiger partial charge in [-0.2, -0.15) is 0 Å². The Morgan fingerprint density at radius 3 is 2.88 bits per heavy atom. The Labute approximate surface area is 152 Å². The molecular formula is C18H19Cl2FN2O. The van der Waals surface area contributed by atoms with Crippen LogP contribution in [0.3, 0.4) is 0 Å². The molecule has 1 aliphatic heterocycles.